The van der Waals surface area contributed by atoms with Crippen molar-refractivity contribution in [2.75, 3.05) is 6.61 Å². The zero-order chi connectivity index (χ0) is 11.8. The molecular formula is C9H14F4O. The van der Waals surface area contributed by atoms with Crippen molar-refractivity contribution < 1.29 is 22.3 Å². The van der Waals surface area contributed by atoms with Crippen molar-refractivity contribution in [1.29, 1.82) is 0 Å². The molecule has 0 atom stereocenters. The van der Waals surface area contributed by atoms with E-state index < -0.39 is 30.8 Å². The van der Waals surface area contributed by atoms with E-state index in [0.29, 0.717) is 0 Å². The topological polar surface area (TPSA) is 9.23 Å². The fourth-order valence-corrected chi connectivity index (χ4v) is 0.368. The van der Waals surface area contributed by atoms with Crippen LogP contribution in [0.5, 0.6) is 0 Å². The Bertz CT molecular complexity index is 184. The van der Waals surface area contributed by atoms with Crippen LogP contribution in [-0.2, 0) is 4.74 Å². The minimum Gasteiger partial charge on any atom is -0.491 e. The molecule has 0 fully saturated rings. The van der Waals surface area contributed by atoms with Crippen molar-refractivity contribution in [1.82, 2.24) is 0 Å². The summed E-state index contributed by atoms with van der Waals surface area (Å²) in [6.45, 7) is 9.17. The van der Waals surface area contributed by atoms with Gasteiger partial charge in [0.1, 0.15) is 5.76 Å². The Labute approximate surface area is 81.1 Å². The molecule has 0 saturated heterocycles. The molecule has 0 aromatic rings. The third-order valence-corrected chi connectivity index (χ3v) is 0.964. The van der Waals surface area contributed by atoms with Gasteiger partial charge in [0.25, 0.3) is 0 Å². The van der Waals surface area contributed by atoms with Gasteiger partial charge in [0.15, 0.2) is 5.83 Å². The van der Waals surface area contributed by atoms with E-state index >= 15 is 0 Å². The molecule has 0 rings (SSSR count). The molecule has 0 radical (unpaired) electrons. The molecule has 0 spiro atoms. The van der Waals surface area contributed by atoms with E-state index in [1.54, 1.807) is 0 Å². The minimum absolute atomic E-state index is 0.459. The zero-order valence-electron chi connectivity index (χ0n) is 8.25. The van der Waals surface area contributed by atoms with Crippen LogP contribution in [0.25, 0.3) is 0 Å². The molecule has 0 unspecified atom stereocenters. The molecule has 0 aliphatic rings. The molecule has 0 aliphatic heterocycles. The standard InChI is InChI=1S/C7H8F4O.C2H6/c1-5(8)6(2)12-4-3-7(9,10)11;1-2/h1-4H2;1-2H3. The van der Waals surface area contributed by atoms with E-state index in [1.807, 2.05) is 13.8 Å². The minimum atomic E-state index is -4.29. The SMILES string of the molecule is C=C(F)C(=C)OCCC(F)(F)F.CC. The van der Waals surface area contributed by atoms with E-state index in [-0.39, 0.29) is 0 Å². The summed E-state index contributed by atoms with van der Waals surface area (Å²) in [4.78, 5) is 0. The Morgan fingerprint density at radius 2 is 1.64 bits per heavy atom. The number of hydrogen-bond acceptors (Lipinski definition) is 1. The summed E-state index contributed by atoms with van der Waals surface area (Å²) in [5.74, 6) is -1.42. The lowest BCUT2D eigenvalue weighted by Gasteiger charge is -2.08. The van der Waals surface area contributed by atoms with Gasteiger partial charge < -0.3 is 4.74 Å². The summed E-state index contributed by atoms with van der Waals surface area (Å²) in [6.07, 6.45) is -5.42. The molecule has 0 aromatic carbocycles. The summed E-state index contributed by atoms with van der Waals surface area (Å²) >= 11 is 0. The first-order valence-electron chi connectivity index (χ1n) is 4.06. The third kappa shape index (κ3) is 11.0. The van der Waals surface area contributed by atoms with Gasteiger partial charge in [-0.15, -0.1) is 0 Å². The van der Waals surface area contributed by atoms with Crippen LogP contribution in [-0.4, -0.2) is 12.8 Å². The molecule has 0 aliphatic carbocycles. The Morgan fingerprint density at radius 1 is 1.21 bits per heavy atom. The van der Waals surface area contributed by atoms with Crippen LogP contribution in [0.2, 0.25) is 0 Å². The van der Waals surface area contributed by atoms with Crippen molar-refractivity contribution in [3.63, 3.8) is 0 Å². The number of ether oxygens (including phenoxy) is 1. The second-order valence-corrected chi connectivity index (χ2v) is 2.04. The highest BCUT2D eigenvalue weighted by Gasteiger charge is 2.26. The highest BCUT2D eigenvalue weighted by Crippen LogP contribution is 2.20. The van der Waals surface area contributed by atoms with Crippen LogP contribution in [0.15, 0.2) is 24.7 Å². The van der Waals surface area contributed by atoms with E-state index in [0.717, 1.165) is 0 Å². The fraction of sp³-hybridized carbons (Fsp3) is 0.556. The summed E-state index contributed by atoms with van der Waals surface area (Å²) in [5.41, 5.74) is 0. The first kappa shape index (κ1) is 15.5. The highest BCUT2D eigenvalue weighted by molar-refractivity contribution is 5.10. The van der Waals surface area contributed by atoms with Crippen LogP contribution in [0.4, 0.5) is 17.6 Å². The van der Waals surface area contributed by atoms with Crippen molar-refractivity contribution in [3.8, 4) is 0 Å². The van der Waals surface area contributed by atoms with Gasteiger partial charge in [0.2, 0.25) is 0 Å². The monoisotopic (exact) mass is 214 g/mol. The number of rotatable bonds is 4. The lowest BCUT2D eigenvalue weighted by Crippen LogP contribution is -2.11. The second-order valence-electron chi connectivity index (χ2n) is 2.04. The smallest absolute Gasteiger partial charge is 0.392 e. The van der Waals surface area contributed by atoms with E-state index in [9.17, 15) is 17.6 Å². The number of halogens is 4. The number of hydrogen-bond donors (Lipinski definition) is 0. The van der Waals surface area contributed by atoms with E-state index in [2.05, 4.69) is 17.9 Å². The van der Waals surface area contributed by atoms with Gasteiger partial charge in [-0.25, -0.2) is 4.39 Å². The van der Waals surface area contributed by atoms with Gasteiger partial charge in [-0.3, -0.25) is 0 Å². The second kappa shape index (κ2) is 7.41. The molecule has 0 aromatic heterocycles. The predicted octanol–water partition coefficient (Wildman–Crippen LogP) is 3.98. The maximum atomic E-state index is 12.0. The molecule has 1 nitrogen and oxygen atoms in total. The average Bonchev–Trinajstić information content (AvgIpc) is 2.05. The highest BCUT2D eigenvalue weighted by atomic mass is 19.4. The first-order valence-corrected chi connectivity index (χ1v) is 4.06. The van der Waals surface area contributed by atoms with E-state index in [4.69, 9.17) is 0 Å². The van der Waals surface area contributed by atoms with Crippen LogP contribution in [0.3, 0.4) is 0 Å². The molecule has 84 valence electrons. The lowest BCUT2D eigenvalue weighted by molar-refractivity contribution is -0.142. The molecule has 0 heterocycles. The molecular weight excluding hydrogens is 200 g/mol. The van der Waals surface area contributed by atoms with Gasteiger partial charge in [-0.2, -0.15) is 13.2 Å². The Hall–Kier alpha value is -1.00. The van der Waals surface area contributed by atoms with Crippen LogP contribution < -0.4 is 0 Å². The van der Waals surface area contributed by atoms with Crippen molar-refractivity contribution in [2.45, 2.75) is 26.4 Å². The quantitative estimate of drug-likeness (QED) is 0.390. The molecule has 5 heteroatoms. The fourth-order valence-electron chi connectivity index (χ4n) is 0.368. The third-order valence-electron chi connectivity index (χ3n) is 0.964. The molecule has 14 heavy (non-hydrogen) atoms. The van der Waals surface area contributed by atoms with Gasteiger partial charge in [0.05, 0.1) is 13.0 Å². The molecule has 0 saturated carbocycles. The molecule has 0 amide bonds. The summed E-state index contributed by atoms with van der Waals surface area (Å²) in [7, 11) is 0. The van der Waals surface area contributed by atoms with Gasteiger partial charge in [0, 0.05) is 0 Å². The molecule has 0 N–H and O–H groups in total. The van der Waals surface area contributed by atoms with Crippen molar-refractivity contribution in [3.05, 3.63) is 24.7 Å². The maximum absolute atomic E-state index is 12.0. The van der Waals surface area contributed by atoms with Gasteiger partial charge in [-0.05, 0) is 0 Å². The maximum Gasteiger partial charge on any atom is 0.392 e. The van der Waals surface area contributed by atoms with E-state index in [1.165, 1.54) is 0 Å². The first-order chi connectivity index (χ1) is 6.33. The van der Waals surface area contributed by atoms with Crippen molar-refractivity contribution in [2.24, 2.45) is 0 Å². The normalized spacial score (nSPS) is 9.86. The molecule has 0 bridgehead atoms. The zero-order valence-corrected chi connectivity index (χ0v) is 8.25. The van der Waals surface area contributed by atoms with Crippen LogP contribution >= 0.6 is 0 Å². The van der Waals surface area contributed by atoms with Crippen LogP contribution in [0, 0.1) is 0 Å². The Kier molecular flexibility index (Phi) is 8.19. The summed E-state index contributed by atoms with van der Waals surface area (Å²) in [6, 6.07) is 0. The predicted molar refractivity (Wildman–Crippen MR) is 47.4 cm³/mol. The number of alkyl halides is 3. The largest absolute Gasteiger partial charge is 0.491 e. The lowest BCUT2D eigenvalue weighted by atomic mass is 10.4. The van der Waals surface area contributed by atoms with Gasteiger partial charge in [-0.1, -0.05) is 27.0 Å². The van der Waals surface area contributed by atoms with Crippen molar-refractivity contribution >= 4 is 0 Å². The Morgan fingerprint density at radius 3 is 1.93 bits per heavy atom. The Balaban J connectivity index is 0. The summed E-state index contributed by atoms with van der Waals surface area (Å²) < 4.78 is 50.7. The summed E-state index contributed by atoms with van der Waals surface area (Å²) in [5, 5.41) is 0. The van der Waals surface area contributed by atoms with Crippen LogP contribution in [0.1, 0.15) is 20.3 Å². The average molecular weight is 214 g/mol. The van der Waals surface area contributed by atoms with Gasteiger partial charge >= 0.3 is 6.18 Å². The number of allylic oxidation sites excluding steroid dienone is 1.